The van der Waals surface area contributed by atoms with E-state index in [2.05, 4.69) is 43.3 Å². The molecule has 0 spiro atoms. The lowest BCUT2D eigenvalue weighted by molar-refractivity contribution is 0.0801. The molecule has 18 heavy (non-hydrogen) atoms. The van der Waals surface area contributed by atoms with Gasteiger partial charge in [0.1, 0.15) is 0 Å². The highest BCUT2D eigenvalue weighted by Crippen LogP contribution is 2.32. The molecule has 96 valence electrons. The monoisotopic (exact) mass is 407 g/mol. The summed E-state index contributed by atoms with van der Waals surface area (Å²) in [7, 11) is 1.84. The predicted octanol–water partition coefficient (Wildman–Crippen LogP) is 4.65. The van der Waals surface area contributed by atoms with Crippen LogP contribution in [0.2, 0.25) is 0 Å². The van der Waals surface area contributed by atoms with Crippen molar-refractivity contribution in [3.8, 4) is 0 Å². The Morgan fingerprint density at radius 3 is 2.78 bits per heavy atom. The standard InChI is InChI=1S/C12H11Br2NOS2/c1-15(5-4-8-3-2-6-17-8)12(16)10-7-9(13)11(14)18-10/h2-3,6-7H,4-5H2,1H3. The van der Waals surface area contributed by atoms with Gasteiger partial charge in [-0.1, -0.05) is 6.07 Å². The molecular weight excluding hydrogens is 398 g/mol. The first-order chi connectivity index (χ1) is 8.58. The van der Waals surface area contributed by atoms with Crippen molar-refractivity contribution in [2.45, 2.75) is 6.42 Å². The zero-order valence-electron chi connectivity index (χ0n) is 9.65. The fourth-order valence-corrected chi connectivity index (χ4v) is 4.20. The fourth-order valence-electron chi connectivity index (χ4n) is 1.47. The van der Waals surface area contributed by atoms with Crippen molar-refractivity contribution in [2.24, 2.45) is 0 Å². The summed E-state index contributed by atoms with van der Waals surface area (Å²) in [4.78, 5) is 16.0. The first kappa shape index (κ1) is 14.2. The van der Waals surface area contributed by atoms with Gasteiger partial charge in [0, 0.05) is 22.9 Å². The smallest absolute Gasteiger partial charge is 0.263 e. The molecule has 2 rings (SSSR count). The molecule has 0 unspecified atom stereocenters. The molecule has 2 aromatic heterocycles. The summed E-state index contributed by atoms with van der Waals surface area (Å²) in [6, 6.07) is 6.00. The molecule has 2 aromatic rings. The fraction of sp³-hybridized carbons (Fsp3) is 0.250. The Hall–Kier alpha value is -0.170. The molecule has 2 nitrogen and oxygen atoms in total. The van der Waals surface area contributed by atoms with Crippen molar-refractivity contribution < 1.29 is 4.79 Å². The van der Waals surface area contributed by atoms with E-state index in [0.717, 1.165) is 26.1 Å². The highest BCUT2D eigenvalue weighted by molar-refractivity contribution is 9.13. The molecule has 0 N–H and O–H groups in total. The van der Waals surface area contributed by atoms with Gasteiger partial charge in [0.05, 0.1) is 8.66 Å². The van der Waals surface area contributed by atoms with Crippen LogP contribution in [0, 0.1) is 0 Å². The van der Waals surface area contributed by atoms with Crippen LogP contribution in [-0.4, -0.2) is 24.4 Å². The molecule has 6 heteroatoms. The van der Waals surface area contributed by atoms with E-state index in [4.69, 9.17) is 0 Å². The van der Waals surface area contributed by atoms with Crippen molar-refractivity contribution >= 4 is 60.4 Å². The summed E-state index contributed by atoms with van der Waals surface area (Å²) in [6.45, 7) is 0.743. The Balaban J connectivity index is 1.96. The minimum atomic E-state index is 0.0722. The van der Waals surface area contributed by atoms with Crippen LogP contribution in [0.4, 0.5) is 0 Å². The van der Waals surface area contributed by atoms with Gasteiger partial charge in [-0.05, 0) is 55.8 Å². The third-order valence-electron chi connectivity index (χ3n) is 2.48. The van der Waals surface area contributed by atoms with Crippen LogP contribution < -0.4 is 0 Å². The van der Waals surface area contributed by atoms with Gasteiger partial charge in [-0.3, -0.25) is 4.79 Å². The third kappa shape index (κ3) is 3.44. The molecule has 0 aliphatic heterocycles. The van der Waals surface area contributed by atoms with Crippen LogP contribution in [0.25, 0.3) is 0 Å². The number of nitrogens with zero attached hydrogens (tertiary/aromatic N) is 1. The van der Waals surface area contributed by atoms with Crippen molar-refractivity contribution in [3.05, 3.63) is 41.6 Å². The third-order valence-corrected chi connectivity index (χ3v) is 6.66. The quantitative estimate of drug-likeness (QED) is 0.720. The van der Waals surface area contributed by atoms with E-state index in [1.165, 1.54) is 16.2 Å². The minimum Gasteiger partial charge on any atom is -0.341 e. The second-order valence-electron chi connectivity index (χ2n) is 3.79. The van der Waals surface area contributed by atoms with Gasteiger partial charge in [-0.15, -0.1) is 22.7 Å². The largest absolute Gasteiger partial charge is 0.341 e. The number of thiophene rings is 2. The van der Waals surface area contributed by atoms with E-state index >= 15 is 0 Å². The van der Waals surface area contributed by atoms with Gasteiger partial charge < -0.3 is 4.90 Å². The van der Waals surface area contributed by atoms with Crippen LogP contribution in [0.15, 0.2) is 31.8 Å². The average molecular weight is 409 g/mol. The van der Waals surface area contributed by atoms with Crippen LogP contribution >= 0.6 is 54.5 Å². The summed E-state index contributed by atoms with van der Waals surface area (Å²) in [5.41, 5.74) is 0. The van der Waals surface area contributed by atoms with E-state index < -0.39 is 0 Å². The van der Waals surface area contributed by atoms with E-state index in [-0.39, 0.29) is 5.91 Å². The molecule has 0 radical (unpaired) electrons. The Labute approximate surface area is 131 Å². The molecule has 0 aromatic carbocycles. The van der Waals surface area contributed by atoms with Crippen molar-refractivity contribution in [1.29, 1.82) is 0 Å². The summed E-state index contributed by atoms with van der Waals surface area (Å²) in [5.74, 6) is 0.0722. The maximum Gasteiger partial charge on any atom is 0.263 e. The molecule has 0 aliphatic rings. The maximum atomic E-state index is 12.2. The highest BCUT2D eigenvalue weighted by atomic mass is 79.9. The van der Waals surface area contributed by atoms with Gasteiger partial charge in [-0.25, -0.2) is 0 Å². The number of amides is 1. The van der Waals surface area contributed by atoms with Gasteiger partial charge in [0.15, 0.2) is 0 Å². The van der Waals surface area contributed by atoms with E-state index in [1.807, 2.05) is 19.2 Å². The molecule has 2 heterocycles. The number of carbonyl (C=O) groups is 1. The lowest BCUT2D eigenvalue weighted by atomic mass is 10.3. The molecule has 0 saturated carbocycles. The van der Waals surface area contributed by atoms with Crippen LogP contribution in [0.5, 0.6) is 0 Å². The van der Waals surface area contributed by atoms with Gasteiger partial charge >= 0.3 is 0 Å². The zero-order chi connectivity index (χ0) is 13.1. The average Bonchev–Trinajstić information content (AvgIpc) is 2.96. The maximum absolute atomic E-state index is 12.2. The molecule has 0 atom stereocenters. The molecule has 0 bridgehead atoms. The van der Waals surface area contributed by atoms with E-state index in [9.17, 15) is 4.79 Å². The van der Waals surface area contributed by atoms with Gasteiger partial charge in [0.2, 0.25) is 0 Å². The number of hydrogen-bond donors (Lipinski definition) is 0. The summed E-state index contributed by atoms with van der Waals surface area (Å²) in [5, 5.41) is 2.06. The first-order valence-electron chi connectivity index (χ1n) is 5.30. The van der Waals surface area contributed by atoms with E-state index in [0.29, 0.717) is 0 Å². The second-order valence-corrected chi connectivity index (χ2v) is 8.05. The van der Waals surface area contributed by atoms with Gasteiger partial charge in [0.25, 0.3) is 5.91 Å². The highest BCUT2D eigenvalue weighted by Gasteiger charge is 2.16. The second kappa shape index (κ2) is 6.32. The lowest BCUT2D eigenvalue weighted by Gasteiger charge is -2.15. The molecule has 1 amide bonds. The molecular formula is C12H11Br2NOS2. The zero-order valence-corrected chi connectivity index (χ0v) is 14.5. The van der Waals surface area contributed by atoms with Crippen molar-refractivity contribution in [2.75, 3.05) is 13.6 Å². The van der Waals surface area contributed by atoms with E-state index in [1.54, 1.807) is 16.2 Å². The Bertz CT molecular complexity index is 517. The topological polar surface area (TPSA) is 20.3 Å². The summed E-state index contributed by atoms with van der Waals surface area (Å²) < 4.78 is 1.89. The Kier molecular flexibility index (Phi) is 5.00. The minimum absolute atomic E-state index is 0.0722. The number of halogens is 2. The SMILES string of the molecule is CN(CCc1cccs1)C(=O)c1cc(Br)c(Br)s1. The summed E-state index contributed by atoms with van der Waals surface area (Å²) >= 11 is 9.99. The number of likely N-dealkylation sites (N-methyl/N-ethyl adjacent to an activating group) is 1. The van der Waals surface area contributed by atoms with Crippen molar-refractivity contribution in [3.63, 3.8) is 0 Å². The lowest BCUT2D eigenvalue weighted by Crippen LogP contribution is -2.27. The van der Waals surface area contributed by atoms with Crippen LogP contribution in [-0.2, 0) is 6.42 Å². The Morgan fingerprint density at radius 1 is 1.44 bits per heavy atom. The molecule has 0 fully saturated rings. The normalized spacial score (nSPS) is 10.6. The first-order valence-corrected chi connectivity index (χ1v) is 8.59. The predicted molar refractivity (Wildman–Crippen MR) is 84.7 cm³/mol. The van der Waals surface area contributed by atoms with Crippen molar-refractivity contribution in [1.82, 2.24) is 4.90 Å². The number of carbonyl (C=O) groups excluding carboxylic acids is 1. The number of rotatable bonds is 4. The van der Waals surface area contributed by atoms with Gasteiger partial charge in [-0.2, -0.15) is 0 Å². The van der Waals surface area contributed by atoms with Crippen LogP contribution in [0.3, 0.4) is 0 Å². The molecule has 0 saturated heterocycles. The van der Waals surface area contributed by atoms with Crippen LogP contribution in [0.1, 0.15) is 14.5 Å². The number of hydrogen-bond acceptors (Lipinski definition) is 3. The summed E-state index contributed by atoms with van der Waals surface area (Å²) in [6.07, 6.45) is 0.910. The molecule has 0 aliphatic carbocycles. The Morgan fingerprint density at radius 2 is 2.22 bits per heavy atom.